The lowest BCUT2D eigenvalue weighted by molar-refractivity contribution is -0.121. The molecular weight excluding hydrogens is 222 g/mol. The Balaban J connectivity index is 2.19. The lowest BCUT2D eigenvalue weighted by Crippen LogP contribution is -2.28. The molecule has 0 saturated heterocycles. The molecule has 0 unspecified atom stereocenters. The van der Waals surface area contributed by atoms with Crippen LogP contribution in [0, 0.1) is 0 Å². The molecule has 0 aliphatic heterocycles. The Hall–Kier alpha value is -1.89. The molecule has 7 nitrogen and oxygen atoms in total. The van der Waals surface area contributed by atoms with Crippen LogP contribution in [-0.4, -0.2) is 42.7 Å². The molecule has 0 spiro atoms. The van der Waals surface area contributed by atoms with Gasteiger partial charge in [0.05, 0.1) is 6.61 Å². The number of carbonyl (C=O) groups excluding carboxylic acids is 1. The molecule has 1 heterocycles. The zero-order valence-electron chi connectivity index (χ0n) is 9.77. The number of ether oxygens (including phenoxy) is 1. The summed E-state index contributed by atoms with van der Waals surface area (Å²) in [4.78, 5) is 19.2. The van der Waals surface area contributed by atoms with Gasteiger partial charge in [-0.05, 0) is 0 Å². The summed E-state index contributed by atoms with van der Waals surface area (Å²) in [5.41, 5.74) is 5.58. The number of aromatic nitrogens is 2. The van der Waals surface area contributed by atoms with Crippen LogP contribution in [0.1, 0.15) is 6.42 Å². The van der Waals surface area contributed by atoms with Gasteiger partial charge in [-0.15, -0.1) is 0 Å². The minimum Gasteiger partial charge on any atom is -0.383 e. The van der Waals surface area contributed by atoms with Gasteiger partial charge >= 0.3 is 0 Å². The van der Waals surface area contributed by atoms with E-state index >= 15 is 0 Å². The first kappa shape index (κ1) is 13.2. The van der Waals surface area contributed by atoms with Crippen molar-refractivity contribution < 1.29 is 9.53 Å². The summed E-state index contributed by atoms with van der Waals surface area (Å²) in [5, 5.41) is 5.66. The maximum Gasteiger partial charge on any atom is 0.221 e. The summed E-state index contributed by atoms with van der Waals surface area (Å²) in [6, 6.07) is 0. The van der Waals surface area contributed by atoms with Crippen LogP contribution in [-0.2, 0) is 9.53 Å². The van der Waals surface area contributed by atoms with E-state index in [9.17, 15) is 4.79 Å². The van der Waals surface area contributed by atoms with Crippen LogP contribution >= 0.6 is 0 Å². The average molecular weight is 239 g/mol. The largest absolute Gasteiger partial charge is 0.383 e. The van der Waals surface area contributed by atoms with E-state index in [1.807, 2.05) is 0 Å². The number of nitrogens with one attached hydrogen (secondary N) is 2. The van der Waals surface area contributed by atoms with Gasteiger partial charge in [0.1, 0.15) is 0 Å². The van der Waals surface area contributed by atoms with Crippen molar-refractivity contribution in [2.24, 2.45) is 0 Å². The van der Waals surface area contributed by atoms with Gasteiger partial charge in [0.2, 0.25) is 5.91 Å². The summed E-state index contributed by atoms with van der Waals surface area (Å²) in [5.74, 6) is 0.779. The van der Waals surface area contributed by atoms with Gasteiger partial charge in [-0.25, -0.2) is 9.97 Å². The van der Waals surface area contributed by atoms with Crippen LogP contribution in [0.3, 0.4) is 0 Å². The lowest BCUT2D eigenvalue weighted by Gasteiger charge is -2.07. The molecule has 1 rings (SSSR count). The number of hydrogen-bond donors (Lipinski definition) is 3. The summed E-state index contributed by atoms with van der Waals surface area (Å²) in [7, 11) is 1.59. The molecule has 0 aromatic carbocycles. The van der Waals surface area contributed by atoms with Crippen molar-refractivity contribution in [2.75, 3.05) is 37.9 Å². The number of nitrogens with two attached hydrogens (primary N) is 1. The van der Waals surface area contributed by atoms with Crippen LogP contribution in [0.5, 0.6) is 0 Å². The Morgan fingerprint density at radius 3 is 2.88 bits per heavy atom. The van der Waals surface area contributed by atoms with Crippen molar-refractivity contribution >= 4 is 17.5 Å². The van der Waals surface area contributed by atoms with Gasteiger partial charge in [-0.1, -0.05) is 0 Å². The molecule has 17 heavy (non-hydrogen) atoms. The fourth-order valence-electron chi connectivity index (χ4n) is 1.16. The second kappa shape index (κ2) is 7.39. The Labute approximate surface area is 99.8 Å². The summed E-state index contributed by atoms with van der Waals surface area (Å²) >= 11 is 0. The highest BCUT2D eigenvalue weighted by atomic mass is 16.5. The SMILES string of the molecule is COCCNC(=O)CCNc1nccnc1N. The highest BCUT2D eigenvalue weighted by Crippen LogP contribution is 2.08. The van der Waals surface area contributed by atoms with Gasteiger partial charge in [0.25, 0.3) is 0 Å². The number of methoxy groups -OCH3 is 1. The molecule has 0 aliphatic rings. The van der Waals surface area contributed by atoms with Crippen LogP contribution in [0.4, 0.5) is 11.6 Å². The quantitative estimate of drug-likeness (QED) is 0.561. The Morgan fingerprint density at radius 2 is 2.18 bits per heavy atom. The molecule has 94 valence electrons. The van der Waals surface area contributed by atoms with Crippen molar-refractivity contribution in [3.63, 3.8) is 0 Å². The topological polar surface area (TPSA) is 102 Å². The second-order valence-electron chi connectivity index (χ2n) is 3.31. The Bertz CT molecular complexity index is 358. The minimum atomic E-state index is -0.0444. The average Bonchev–Trinajstić information content (AvgIpc) is 2.32. The van der Waals surface area contributed by atoms with Crippen molar-refractivity contribution in [2.45, 2.75) is 6.42 Å². The third-order valence-corrected chi connectivity index (χ3v) is 2.00. The molecule has 7 heteroatoms. The highest BCUT2D eigenvalue weighted by molar-refractivity contribution is 5.76. The van der Waals surface area contributed by atoms with E-state index in [1.54, 1.807) is 7.11 Å². The summed E-state index contributed by atoms with van der Waals surface area (Å²) < 4.78 is 4.82. The first-order valence-electron chi connectivity index (χ1n) is 5.30. The Morgan fingerprint density at radius 1 is 1.41 bits per heavy atom. The molecule has 0 atom stereocenters. The van der Waals surface area contributed by atoms with E-state index < -0.39 is 0 Å². The molecule has 0 saturated carbocycles. The van der Waals surface area contributed by atoms with E-state index in [-0.39, 0.29) is 5.91 Å². The third-order valence-electron chi connectivity index (χ3n) is 2.00. The van der Waals surface area contributed by atoms with Gasteiger partial charge in [-0.3, -0.25) is 4.79 Å². The van der Waals surface area contributed by atoms with E-state index in [1.165, 1.54) is 12.4 Å². The van der Waals surface area contributed by atoms with E-state index in [4.69, 9.17) is 10.5 Å². The number of carbonyl (C=O) groups is 1. The molecule has 1 amide bonds. The number of anilines is 2. The maximum absolute atomic E-state index is 11.3. The predicted octanol–water partition coefficient (Wildman–Crippen LogP) is -0.377. The monoisotopic (exact) mass is 239 g/mol. The van der Waals surface area contributed by atoms with Crippen LogP contribution in [0.2, 0.25) is 0 Å². The first-order valence-corrected chi connectivity index (χ1v) is 5.30. The minimum absolute atomic E-state index is 0.0444. The molecular formula is C10H17N5O2. The molecule has 0 aliphatic carbocycles. The summed E-state index contributed by atoms with van der Waals surface area (Å²) in [6.45, 7) is 1.49. The van der Waals surface area contributed by atoms with E-state index in [0.717, 1.165) is 0 Å². The normalized spacial score (nSPS) is 9.94. The van der Waals surface area contributed by atoms with E-state index in [0.29, 0.717) is 37.8 Å². The number of nitrogen functional groups attached to an aromatic ring is 1. The van der Waals surface area contributed by atoms with Crippen molar-refractivity contribution in [3.05, 3.63) is 12.4 Å². The van der Waals surface area contributed by atoms with Crippen LogP contribution < -0.4 is 16.4 Å². The first-order chi connectivity index (χ1) is 8.24. The van der Waals surface area contributed by atoms with Crippen LogP contribution in [0.15, 0.2) is 12.4 Å². The van der Waals surface area contributed by atoms with Crippen LogP contribution in [0.25, 0.3) is 0 Å². The lowest BCUT2D eigenvalue weighted by atomic mass is 10.4. The second-order valence-corrected chi connectivity index (χ2v) is 3.31. The van der Waals surface area contributed by atoms with Gasteiger partial charge in [0.15, 0.2) is 11.6 Å². The Kier molecular flexibility index (Phi) is 5.73. The van der Waals surface area contributed by atoms with Gasteiger partial charge < -0.3 is 21.1 Å². The van der Waals surface area contributed by atoms with E-state index in [2.05, 4.69) is 20.6 Å². The smallest absolute Gasteiger partial charge is 0.221 e. The van der Waals surface area contributed by atoms with Gasteiger partial charge in [-0.2, -0.15) is 0 Å². The standard InChI is InChI=1S/C10H17N5O2/c1-17-7-6-12-8(16)2-3-14-10-9(11)13-4-5-15-10/h4-5H,2-3,6-7H2,1H3,(H2,11,13)(H,12,16)(H,14,15). The predicted molar refractivity (Wildman–Crippen MR) is 64.4 cm³/mol. The fourth-order valence-corrected chi connectivity index (χ4v) is 1.16. The number of hydrogen-bond acceptors (Lipinski definition) is 6. The fraction of sp³-hybridized carbons (Fsp3) is 0.500. The van der Waals surface area contributed by atoms with Crippen molar-refractivity contribution in [1.29, 1.82) is 0 Å². The summed E-state index contributed by atoms with van der Waals surface area (Å²) in [6.07, 6.45) is 3.40. The number of nitrogens with zero attached hydrogens (tertiary/aromatic N) is 2. The molecule has 0 fully saturated rings. The molecule has 4 N–H and O–H groups in total. The molecule has 0 radical (unpaired) electrons. The molecule has 1 aromatic heterocycles. The zero-order chi connectivity index (χ0) is 12.5. The third kappa shape index (κ3) is 5.12. The number of rotatable bonds is 7. The zero-order valence-corrected chi connectivity index (χ0v) is 9.77. The maximum atomic E-state index is 11.3. The number of amides is 1. The molecule has 0 bridgehead atoms. The highest BCUT2D eigenvalue weighted by Gasteiger charge is 2.02. The van der Waals surface area contributed by atoms with Crippen molar-refractivity contribution in [1.82, 2.24) is 15.3 Å². The molecule has 1 aromatic rings. The van der Waals surface area contributed by atoms with Crippen molar-refractivity contribution in [3.8, 4) is 0 Å². The van der Waals surface area contributed by atoms with Gasteiger partial charge in [0, 0.05) is 39.0 Å².